The lowest BCUT2D eigenvalue weighted by atomic mass is 10.1. The molecule has 0 aliphatic heterocycles. The monoisotopic (exact) mass is 314 g/mol. The molecule has 0 aromatic heterocycles. The number of nitrogens with zero attached hydrogens (tertiary/aromatic N) is 1. The largest absolute Gasteiger partial charge is 0.504 e. The van der Waals surface area contributed by atoms with Crippen LogP contribution in [0.15, 0.2) is 12.1 Å². The summed E-state index contributed by atoms with van der Waals surface area (Å²) >= 11 is 6.00. The van der Waals surface area contributed by atoms with E-state index in [1.807, 2.05) is 0 Å². The fourth-order valence-corrected chi connectivity index (χ4v) is 2.24. The highest BCUT2D eigenvalue weighted by atomic mass is 35.5. The summed E-state index contributed by atoms with van der Waals surface area (Å²) < 4.78 is 5.09. The molecule has 0 amide bonds. The minimum atomic E-state index is 0.161. The number of nitrogens with one attached hydrogen (secondary N) is 1. The summed E-state index contributed by atoms with van der Waals surface area (Å²) in [5, 5.41) is 13.9. The maximum atomic E-state index is 10.0. The average molecular weight is 315 g/mol. The summed E-state index contributed by atoms with van der Waals surface area (Å²) in [6.07, 6.45) is 2.27. The summed E-state index contributed by atoms with van der Waals surface area (Å²) in [5.74, 6) is 0.576. The van der Waals surface area contributed by atoms with Gasteiger partial charge in [0.2, 0.25) is 0 Å². The molecule has 0 radical (unpaired) electrons. The molecule has 1 rings (SSSR count). The maximum absolute atomic E-state index is 10.0. The SMILES string of the molecule is COc1cc(Cl)cc(CNCCCCN(C)C(C)C)c1O. The van der Waals surface area contributed by atoms with Crippen molar-refractivity contribution in [2.45, 2.75) is 39.3 Å². The van der Waals surface area contributed by atoms with Gasteiger partial charge >= 0.3 is 0 Å². The van der Waals surface area contributed by atoms with E-state index in [0.29, 0.717) is 23.4 Å². The zero-order valence-corrected chi connectivity index (χ0v) is 14.2. The molecule has 1 aromatic rings. The molecule has 0 spiro atoms. The highest BCUT2D eigenvalue weighted by Gasteiger charge is 2.09. The van der Waals surface area contributed by atoms with E-state index in [1.165, 1.54) is 7.11 Å². The molecule has 0 atom stereocenters. The smallest absolute Gasteiger partial charge is 0.162 e. The maximum Gasteiger partial charge on any atom is 0.162 e. The second kappa shape index (κ2) is 9.13. The molecule has 0 fully saturated rings. The molecule has 0 saturated heterocycles. The Morgan fingerprint density at radius 2 is 2.05 bits per heavy atom. The number of halogens is 1. The minimum Gasteiger partial charge on any atom is -0.504 e. The van der Waals surface area contributed by atoms with E-state index in [-0.39, 0.29) is 5.75 Å². The molecule has 1 aromatic carbocycles. The van der Waals surface area contributed by atoms with Gasteiger partial charge < -0.3 is 20.1 Å². The standard InChI is InChI=1S/C16H27ClN2O2/c1-12(2)19(3)8-6-5-7-18-11-13-9-14(17)10-15(21-4)16(13)20/h9-10,12,18,20H,5-8,11H2,1-4H3. The third-order valence-corrected chi connectivity index (χ3v) is 3.87. The molecular weight excluding hydrogens is 288 g/mol. The Kier molecular flexibility index (Phi) is 7.86. The van der Waals surface area contributed by atoms with Crippen molar-refractivity contribution in [3.8, 4) is 11.5 Å². The number of rotatable bonds is 9. The van der Waals surface area contributed by atoms with Gasteiger partial charge in [-0.3, -0.25) is 0 Å². The second-order valence-electron chi connectivity index (χ2n) is 5.57. The van der Waals surface area contributed by atoms with E-state index < -0.39 is 0 Å². The molecule has 0 aliphatic rings. The Morgan fingerprint density at radius 3 is 2.67 bits per heavy atom. The zero-order valence-electron chi connectivity index (χ0n) is 13.4. The molecule has 0 aliphatic carbocycles. The van der Waals surface area contributed by atoms with Crippen LogP contribution in [-0.2, 0) is 6.54 Å². The molecule has 0 saturated carbocycles. The molecule has 5 heteroatoms. The third-order valence-electron chi connectivity index (χ3n) is 3.65. The first-order chi connectivity index (χ1) is 9.95. The highest BCUT2D eigenvalue weighted by Crippen LogP contribution is 2.33. The summed E-state index contributed by atoms with van der Waals surface area (Å²) in [7, 11) is 3.67. The van der Waals surface area contributed by atoms with Gasteiger partial charge in [0.1, 0.15) is 0 Å². The molecule has 4 nitrogen and oxygen atoms in total. The summed E-state index contributed by atoms with van der Waals surface area (Å²) in [5.41, 5.74) is 0.763. The Balaban J connectivity index is 2.32. The number of unbranched alkanes of at least 4 members (excludes halogenated alkanes) is 1. The average Bonchev–Trinajstić information content (AvgIpc) is 2.45. The lowest BCUT2D eigenvalue weighted by Gasteiger charge is -2.20. The van der Waals surface area contributed by atoms with E-state index in [2.05, 4.69) is 31.1 Å². The molecular formula is C16H27ClN2O2. The number of methoxy groups -OCH3 is 1. The third kappa shape index (κ3) is 6.12. The van der Waals surface area contributed by atoms with Crippen LogP contribution in [0.2, 0.25) is 5.02 Å². The first kappa shape index (κ1) is 18.1. The van der Waals surface area contributed by atoms with Crippen molar-refractivity contribution in [2.75, 3.05) is 27.2 Å². The fourth-order valence-electron chi connectivity index (χ4n) is 2.01. The fraction of sp³-hybridized carbons (Fsp3) is 0.625. The van der Waals surface area contributed by atoms with Gasteiger partial charge in [-0.25, -0.2) is 0 Å². The van der Waals surface area contributed by atoms with Crippen LogP contribution in [0.4, 0.5) is 0 Å². The van der Waals surface area contributed by atoms with Crippen molar-refractivity contribution in [1.29, 1.82) is 0 Å². The van der Waals surface area contributed by atoms with Crippen molar-refractivity contribution in [1.82, 2.24) is 10.2 Å². The Hall–Kier alpha value is -0.970. The van der Waals surface area contributed by atoms with Gasteiger partial charge in [0.15, 0.2) is 11.5 Å². The molecule has 0 unspecified atom stereocenters. The van der Waals surface area contributed by atoms with E-state index in [1.54, 1.807) is 12.1 Å². The molecule has 2 N–H and O–H groups in total. The number of phenols is 1. The predicted octanol–water partition coefficient (Wildman–Crippen LogP) is 3.26. The summed E-state index contributed by atoms with van der Waals surface area (Å²) in [4.78, 5) is 2.34. The van der Waals surface area contributed by atoms with Crippen LogP contribution in [-0.4, -0.2) is 43.3 Å². The number of ether oxygens (including phenoxy) is 1. The van der Waals surface area contributed by atoms with Gasteiger partial charge in [0, 0.05) is 29.2 Å². The van der Waals surface area contributed by atoms with E-state index in [9.17, 15) is 5.11 Å². The van der Waals surface area contributed by atoms with Crippen molar-refractivity contribution in [3.63, 3.8) is 0 Å². The molecule has 0 heterocycles. The van der Waals surface area contributed by atoms with Crippen LogP contribution in [0.3, 0.4) is 0 Å². The van der Waals surface area contributed by atoms with Gasteiger partial charge in [-0.2, -0.15) is 0 Å². The highest BCUT2D eigenvalue weighted by molar-refractivity contribution is 6.30. The van der Waals surface area contributed by atoms with Crippen LogP contribution >= 0.6 is 11.6 Å². The van der Waals surface area contributed by atoms with Crippen LogP contribution in [0, 0.1) is 0 Å². The lowest BCUT2D eigenvalue weighted by Crippen LogP contribution is -2.27. The van der Waals surface area contributed by atoms with E-state index >= 15 is 0 Å². The lowest BCUT2D eigenvalue weighted by molar-refractivity contribution is 0.268. The second-order valence-corrected chi connectivity index (χ2v) is 6.01. The number of hydrogen-bond donors (Lipinski definition) is 2. The quantitative estimate of drug-likeness (QED) is 0.687. The van der Waals surface area contributed by atoms with Gasteiger partial charge in [-0.15, -0.1) is 0 Å². The van der Waals surface area contributed by atoms with Crippen molar-refractivity contribution >= 4 is 11.6 Å². The minimum absolute atomic E-state index is 0.161. The zero-order chi connectivity index (χ0) is 15.8. The Morgan fingerprint density at radius 1 is 1.33 bits per heavy atom. The van der Waals surface area contributed by atoms with Crippen LogP contribution in [0.25, 0.3) is 0 Å². The van der Waals surface area contributed by atoms with E-state index in [4.69, 9.17) is 16.3 Å². The molecule has 0 bridgehead atoms. The Labute approximate surface area is 133 Å². The van der Waals surface area contributed by atoms with Gasteiger partial charge in [-0.1, -0.05) is 11.6 Å². The first-order valence-corrected chi connectivity index (χ1v) is 7.79. The van der Waals surface area contributed by atoms with Crippen LogP contribution < -0.4 is 10.1 Å². The summed E-state index contributed by atoms with van der Waals surface area (Å²) in [6.45, 7) is 7.01. The van der Waals surface area contributed by atoms with Gasteiger partial charge in [0.05, 0.1) is 7.11 Å². The number of phenolic OH excluding ortho intramolecular Hbond substituents is 1. The van der Waals surface area contributed by atoms with E-state index in [0.717, 1.165) is 31.5 Å². The molecule has 21 heavy (non-hydrogen) atoms. The Bertz CT molecular complexity index is 439. The predicted molar refractivity (Wildman–Crippen MR) is 88.4 cm³/mol. The first-order valence-electron chi connectivity index (χ1n) is 7.42. The number of aromatic hydroxyl groups is 1. The van der Waals surface area contributed by atoms with Crippen LogP contribution in [0.1, 0.15) is 32.3 Å². The normalized spacial score (nSPS) is 11.4. The van der Waals surface area contributed by atoms with Crippen molar-refractivity contribution in [2.24, 2.45) is 0 Å². The topological polar surface area (TPSA) is 44.7 Å². The number of hydrogen-bond acceptors (Lipinski definition) is 4. The van der Waals surface area contributed by atoms with Crippen molar-refractivity contribution in [3.05, 3.63) is 22.7 Å². The summed E-state index contributed by atoms with van der Waals surface area (Å²) in [6, 6.07) is 3.97. The number of benzene rings is 1. The van der Waals surface area contributed by atoms with Crippen molar-refractivity contribution < 1.29 is 9.84 Å². The van der Waals surface area contributed by atoms with Gasteiger partial charge in [0.25, 0.3) is 0 Å². The van der Waals surface area contributed by atoms with Crippen LogP contribution in [0.5, 0.6) is 11.5 Å². The molecule has 120 valence electrons. The van der Waals surface area contributed by atoms with Gasteiger partial charge in [-0.05, 0) is 52.9 Å².